The van der Waals surface area contributed by atoms with Gasteiger partial charge in [-0.2, -0.15) is 0 Å². The lowest BCUT2D eigenvalue weighted by atomic mass is 10.2. The topological polar surface area (TPSA) is 49.8 Å². The number of aliphatic hydroxyl groups excluding tert-OH is 1. The van der Waals surface area contributed by atoms with Gasteiger partial charge in [-0.15, -0.1) is 11.8 Å². The van der Waals surface area contributed by atoms with Crippen LogP contribution in [0.25, 0.3) is 0 Å². The highest BCUT2D eigenvalue weighted by Gasteiger charge is 2.31. The highest BCUT2D eigenvalue weighted by molar-refractivity contribution is 7.98. The van der Waals surface area contributed by atoms with E-state index in [1.54, 1.807) is 16.7 Å². The Morgan fingerprint density at radius 2 is 2.18 bits per heavy atom. The van der Waals surface area contributed by atoms with Crippen molar-refractivity contribution in [1.29, 1.82) is 0 Å². The predicted molar refractivity (Wildman–Crippen MR) is 67.5 cm³/mol. The van der Waals surface area contributed by atoms with Gasteiger partial charge >= 0.3 is 6.09 Å². The maximum absolute atomic E-state index is 11.6. The molecule has 92 valence electrons. The number of amides is 1. The van der Waals surface area contributed by atoms with Crippen LogP contribution < -0.4 is 4.90 Å². The minimum absolute atomic E-state index is 0.0389. The summed E-state index contributed by atoms with van der Waals surface area (Å²) in [6.07, 6.45) is 1.97. The van der Waals surface area contributed by atoms with Gasteiger partial charge in [0.15, 0.2) is 0 Å². The Morgan fingerprint density at radius 1 is 1.47 bits per heavy atom. The number of carbonyl (C=O) groups is 1. The molecule has 1 heterocycles. The zero-order valence-electron chi connectivity index (χ0n) is 9.63. The third kappa shape index (κ3) is 2.73. The minimum Gasteiger partial charge on any atom is -0.444 e. The molecular formula is C12H15NO3S. The second kappa shape index (κ2) is 5.42. The molecule has 1 aromatic rings. The highest BCUT2D eigenvalue weighted by atomic mass is 32.2. The van der Waals surface area contributed by atoms with E-state index >= 15 is 0 Å². The molecule has 0 bridgehead atoms. The smallest absolute Gasteiger partial charge is 0.414 e. The molecule has 0 radical (unpaired) electrons. The minimum atomic E-state index is -0.333. The van der Waals surface area contributed by atoms with Crippen LogP contribution >= 0.6 is 11.8 Å². The summed E-state index contributed by atoms with van der Waals surface area (Å²) in [5.74, 6) is 0. The average Bonchev–Trinajstić information content (AvgIpc) is 2.71. The summed E-state index contributed by atoms with van der Waals surface area (Å²) >= 11 is 1.66. The number of thioether (sulfide) groups is 1. The van der Waals surface area contributed by atoms with Crippen molar-refractivity contribution in [1.82, 2.24) is 0 Å². The molecule has 17 heavy (non-hydrogen) atoms. The Balaban J connectivity index is 2.08. The molecule has 1 aromatic carbocycles. The molecule has 1 amide bonds. The van der Waals surface area contributed by atoms with Crippen molar-refractivity contribution in [2.75, 3.05) is 24.3 Å². The number of cyclic esters (lactones) is 1. The van der Waals surface area contributed by atoms with Crippen molar-refractivity contribution in [3.63, 3.8) is 0 Å². The molecule has 0 saturated carbocycles. The van der Waals surface area contributed by atoms with Crippen molar-refractivity contribution in [2.45, 2.75) is 17.4 Å². The van der Waals surface area contributed by atoms with Gasteiger partial charge in [0.2, 0.25) is 0 Å². The van der Waals surface area contributed by atoms with Gasteiger partial charge in [-0.05, 0) is 30.5 Å². The van der Waals surface area contributed by atoms with Crippen LogP contribution in [-0.4, -0.2) is 36.7 Å². The Labute approximate surface area is 105 Å². The van der Waals surface area contributed by atoms with Crippen molar-refractivity contribution < 1.29 is 14.6 Å². The lowest BCUT2D eigenvalue weighted by Gasteiger charge is -2.13. The zero-order chi connectivity index (χ0) is 12.3. The average molecular weight is 253 g/mol. The molecule has 2 rings (SSSR count). The predicted octanol–water partition coefficient (Wildman–Crippen LogP) is 2.12. The van der Waals surface area contributed by atoms with Crippen LogP contribution in [-0.2, 0) is 4.74 Å². The summed E-state index contributed by atoms with van der Waals surface area (Å²) < 4.78 is 5.15. The number of hydrogen-bond donors (Lipinski definition) is 1. The van der Waals surface area contributed by atoms with Crippen LogP contribution in [0.3, 0.4) is 0 Å². The number of ether oxygens (including phenoxy) is 1. The number of rotatable bonds is 4. The van der Waals surface area contributed by atoms with Gasteiger partial charge in [0.1, 0.15) is 6.10 Å². The Hall–Kier alpha value is -1.20. The standard InChI is InChI=1S/C12H15NO3S/c1-17-11-4-2-9(3-5-11)13-8-10(6-7-14)16-12(13)15/h2-5,10,14H,6-8H2,1H3. The van der Waals surface area contributed by atoms with Crippen molar-refractivity contribution in [3.05, 3.63) is 24.3 Å². The van der Waals surface area contributed by atoms with Crippen LogP contribution in [0.5, 0.6) is 0 Å². The number of nitrogens with zero attached hydrogens (tertiary/aromatic N) is 1. The lowest BCUT2D eigenvalue weighted by Crippen LogP contribution is -2.24. The van der Waals surface area contributed by atoms with Crippen LogP contribution in [0, 0.1) is 0 Å². The molecule has 1 fully saturated rings. The van der Waals surface area contributed by atoms with Gasteiger partial charge in [0.05, 0.1) is 6.54 Å². The Bertz CT molecular complexity index is 393. The van der Waals surface area contributed by atoms with E-state index in [9.17, 15) is 4.79 Å². The van der Waals surface area contributed by atoms with E-state index in [1.165, 1.54) is 0 Å². The van der Waals surface area contributed by atoms with Crippen LogP contribution in [0.2, 0.25) is 0 Å². The number of hydrogen-bond acceptors (Lipinski definition) is 4. The fraction of sp³-hybridized carbons (Fsp3) is 0.417. The summed E-state index contributed by atoms with van der Waals surface area (Å²) in [6.45, 7) is 0.551. The van der Waals surface area contributed by atoms with E-state index in [4.69, 9.17) is 9.84 Å². The largest absolute Gasteiger partial charge is 0.444 e. The van der Waals surface area contributed by atoms with Crippen molar-refractivity contribution in [3.8, 4) is 0 Å². The first-order chi connectivity index (χ1) is 8.24. The van der Waals surface area contributed by atoms with Gasteiger partial charge in [-0.3, -0.25) is 4.90 Å². The second-order valence-electron chi connectivity index (χ2n) is 3.83. The van der Waals surface area contributed by atoms with Crippen LogP contribution in [0.4, 0.5) is 10.5 Å². The van der Waals surface area contributed by atoms with Crippen molar-refractivity contribution in [2.24, 2.45) is 0 Å². The third-order valence-corrected chi connectivity index (χ3v) is 3.45. The summed E-state index contributed by atoms with van der Waals surface area (Å²) in [5.41, 5.74) is 0.841. The highest BCUT2D eigenvalue weighted by Crippen LogP contribution is 2.25. The molecule has 4 nitrogen and oxygen atoms in total. The van der Waals surface area contributed by atoms with Gasteiger partial charge in [0, 0.05) is 23.6 Å². The monoisotopic (exact) mass is 253 g/mol. The number of aliphatic hydroxyl groups is 1. The fourth-order valence-corrected chi connectivity index (χ4v) is 2.20. The molecule has 1 atom stereocenters. The second-order valence-corrected chi connectivity index (χ2v) is 4.71. The van der Waals surface area contributed by atoms with E-state index in [0.717, 1.165) is 10.6 Å². The first-order valence-corrected chi connectivity index (χ1v) is 6.70. The van der Waals surface area contributed by atoms with E-state index < -0.39 is 0 Å². The Morgan fingerprint density at radius 3 is 2.76 bits per heavy atom. The molecular weight excluding hydrogens is 238 g/mol. The maximum Gasteiger partial charge on any atom is 0.414 e. The van der Waals surface area contributed by atoms with Crippen LogP contribution in [0.1, 0.15) is 6.42 Å². The van der Waals surface area contributed by atoms with Gasteiger partial charge < -0.3 is 9.84 Å². The quantitative estimate of drug-likeness (QED) is 0.835. The van der Waals surface area contributed by atoms with Crippen LogP contribution in [0.15, 0.2) is 29.2 Å². The van der Waals surface area contributed by atoms with Gasteiger partial charge in [0.25, 0.3) is 0 Å². The molecule has 0 aromatic heterocycles. The summed E-state index contributed by atoms with van der Waals surface area (Å²) in [6, 6.07) is 7.78. The van der Waals surface area contributed by atoms with E-state index in [0.29, 0.717) is 13.0 Å². The Kier molecular flexibility index (Phi) is 3.91. The molecule has 1 aliphatic rings. The molecule has 1 N–H and O–H groups in total. The summed E-state index contributed by atoms with van der Waals surface area (Å²) in [5, 5.41) is 8.83. The summed E-state index contributed by atoms with van der Waals surface area (Å²) in [4.78, 5) is 14.4. The van der Waals surface area contributed by atoms with E-state index in [1.807, 2.05) is 30.5 Å². The molecule has 5 heteroatoms. The van der Waals surface area contributed by atoms with Gasteiger partial charge in [-0.1, -0.05) is 0 Å². The van der Waals surface area contributed by atoms with Crippen molar-refractivity contribution >= 4 is 23.5 Å². The molecule has 0 spiro atoms. The molecule has 1 saturated heterocycles. The normalized spacial score (nSPS) is 19.5. The van der Waals surface area contributed by atoms with E-state index in [2.05, 4.69) is 0 Å². The lowest BCUT2D eigenvalue weighted by molar-refractivity contribution is 0.122. The number of benzene rings is 1. The van der Waals surface area contributed by atoms with Gasteiger partial charge in [-0.25, -0.2) is 4.79 Å². The maximum atomic E-state index is 11.6. The number of anilines is 1. The zero-order valence-corrected chi connectivity index (χ0v) is 10.4. The molecule has 1 aliphatic heterocycles. The summed E-state index contributed by atoms with van der Waals surface area (Å²) in [7, 11) is 0. The molecule has 1 unspecified atom stereocenters. The first kappa shape index (κ1) is 12.3. The third-order valence-electron chi connectivity index (χ3n) is 2.71. The first-order valence-electron chi connectivity index (χ1n) is 5.47. The van der Waals surface area contributed by atoms with E-state index in [-0.39, 0.29) is 18.8 Å². The molecule has 0 aliphatic carbocycles. The fourth-order valence-electron chi connectivity index (χ4n) is 1.79. The SMILES string of the molecule is CSc1ccc(N2CC(CCO)OC2=O)cc1. The number of carbonyl (C=O) groups excluding carboxylic acids is 1.